The molecule has 1 aliphatic heterocycles. The van der Waals surface area contributed by atoms with Gasteiger partial charge in [0.05, 0.1) is 12.0 Å². The van der Waals surface area contributed by atoms with E-state index in [4.69, 9.17) is 4.74 Å². The van der Waals surface area contributed by atoms with Gasteiger partial charge in [0.25, 0.3) is 0 Å². The first-order chi connectivity index (χ1) is 13.9. The first-order valence-corrected chi connectivity index (χ1v) is 10.9. The summed E-state index contributed by atoms with van der Waals surface area (Å²) in [6, 6.07) is 4.66. The smallest absolute Gasteiger partial charge is 0.243 e. The molecule has 2 fully saturated rings. The van der Waals surface area contributed by atoms with Crippen LogP contribution < -0.4 is 9.64 Å². The largest absolute Gasteiger partial charge is 0.481 e. The Kier molecular flexibility index (Phi) is 5.39. The third kappa shape index (κ3) is 4.18. The average Bonchev–Trinajstić information content (AvgIpc) is 3.53. The number of piperidine rings is 1. The van der Waals surface area contributed by atoms with E-state index in [1.807, 2.05) is 0 Å². The van der Waals surface area contributed by atoms with Crippen LogP contribution in [0, 0.1) is 11.6 Å². The van der Waals surface area contributed by atoms with Crippen LogP contribution in [0.2, 0.25) is 0 Å². The molecule has 29 heavy (non-hydrogen) atoms. The molecule has 10 heteroatoms. The minimum Gasteiger partial charge on any atom is -0.481 e. The number of benzene rings is 1. The second-order valence-corrected chi connectivity index (χ2v) is 9.24. The van der Waals surface area contributed by atoms with Crippen molar-refractivity contribution >= 4 is 15.8 Å². The molecule has 1 saturated heterocycles. The van der Waals surface area contributed by atoms with Crippen molar-refractivity contribution in [2.45, 2.75) is 42.7 Å². The maximum Gasteiger partial charge on any atom is 0.243 e. The lowest BCUT2D eigenvalue weighted by atomic mass is 10.0. The highest BCUT2D eigenvalue weighted by atomic mass is 32.2. The van der Waals surface area contributed by atoms with E-state index >= 15 is 0 Å². The fraction of sp³-hybridized carbons (Fsp3) is 0.474. The number of halogens is 2. The molecule has 0 unspecified atom stereocenters. The molecule has 0 spiro atoms. The Morgan fingerprint density at radius 1 is 1.00 bits per heavy atom. The van der Waals surface area contributed by atoms with Crippen LogP contribution in [0.5, 0.6) is 5.88 Å². The number of rotatable bonds is 6. The van der Waals surface area contributed by atoms with E-state index < -0.39 is 21.7 Å². The Hall–Kier alpha value is -2.33. The standard InChI is InChI=1S/C19H22F2N4O3S/c1-28-19-11-18(22-12-23-19)25(15-2-3-15)16-4-6-24(7-5-16)29(26,27)17-9-13(20)8-14(21)10-17/h8-12,15-16H,2-7H2,1H3. The van der Waals surface area contributed by atoms with Crippen LogP contribution in [-0.2, 0) is 10.0 Å². The lowest BCUT2D eigenvalue weighted by Crippen LogP contribution is -2.48. The van der Waals surface area contributed by atoms with Crippen LogP contribution in [0.4, 0.5) is 14.6 Å². The normalized spacial score (nSPS) is 18.6. The van der Waals surface area contributed by atoms with Gasteiger partial charge in [-0.1, -0.05) is 0 Å². The van der Waals surface area contributed by atoms with Gasteiger partial charge in [-0.2, -0.15) is 4.31 Å². The van der Waals surface area contributed by atoms with Crippen LogP contribution in [0.15, 0.2) is 35.5 Å². The molecule has 1 aromatic heterocycles. The van der Waals surface area contributed by atoms with Crippen LogP contribution in [0.25, 0.3) is 0 Å². The number of hydrogen-bond acceptors (Lipinski definition) is 6. The molecule has 4 rings (SSSR count). The molecule has 1 saturated carbocycles. The monoisotopic (exact) mass is 424 g/mol. The first kappa shape index (κ1) is 20.0. The molecule has 7 nitrogen and oxygen atoms in total. The van der Waals surface area contributed by atoms with Gasteiger partial charge in [-0.05, 0) is 37.8 Å². The minimum absolute atomic E-state index is 0.123. The van der Waals surface area contributed by atoms with Crippen LogP contribution in [-0.4, -0.2) is 55.0 Å². The van der Waals surface area contributed by atoms with E-state index in [1.165, 1.54) is 10.6 Å². The molecular formula is C19H22F2N4O3S. The lowest BCUT2D eigenvalue weighted by molar-refractivity contribution is 0.307. The zero-order valence-electron chi connectivity index (χ0n) is 16.0. The number of anilines is 1. The summed E-state index contributed by atoms with van der Waals surface area (Å²) in [5, 5.41) is 0. The van der Waals surface area contributed by atoms with Gasteiger partial charge in [0.1, 0.15) is 23.8 Å². The summed E-state index contributed by atoms with van der Waals surface area (Å²) < 4.78 is 59.1. The Balaban J connectivity index is 1.50. The summed E-state index contributed by atoms with van der Waals surface area (Å²) in [4.78, 5) is 10.3. The summed E-state index contributed by atoms with van der Waals surface area (Å²) in [6.45, 7) is 0.549. The predicted molar refractivity (Wildman–Crippen MR) is 102 cm³/mol. The van der Waals surface area contributed by atoms with Crippen LogP contribution in [0.1, 0.15) is 25.7 Å². The highest BCUT2D eigenvalue weighted by Crippen LogP contribution is 2.36. The number of aromatic nitrogens is 2. The second kappa shape index (κ2) is 7.83. The molecule has 0 bridgehead atoms. The van der Waals surface area contributed by atoms with Gasteiger partial charge in [-0.3, -0.25) is 0 Å². The van der Waals surface area contributed by atoms with Crippen LogP contribution >= 0.6 is 0 Å². The van der Waals surface area contributed by atoms with Gasteiger partial charge >= 0.3 is 0 Å². The Labute approximate surface area is 168 Å². The summed E-state index contributed by atoms with van der Waals surface area (Å²) in [5.41, 5.74) is 0. The maximum absolute atomic E-state index is 13.5. The molecule has 156 valence electrons. The molecule has 0 N–H and O–H groups in total. The third-order valence-corrected chi connectivity index (χ3v) is 7.21. The second-order valence-electron chi connectivity index (χ2n) is 7.30. The van der Waals surface area contributed by atoms with Crippen molar-refractivity contribution in [2.24, 2.45) is 0 Å². The topological polar surface area (TPSA) is 75.6 Å². The quantitative estimate of drug-likeness (QED) is 0.710. The molecular weight excluding hydrogens is 402 g/mol. The summed E-state index contributed by atoms with van der Waals surface area (Å²) in [7, 11) is -2.40. The molecule has 1 aliphatic carbocycles. The van der Waals surface area contributed by atoms with Gasteiger partial charge in [-0.15, -0.1) is 0 Å². The van der Waals surface area contributed by atoms with E-state index in [9.17, 15) is 17.2 Å². The number of hydrogen-bond donors (Lipinski definition) is 0. The molecule has 2 aromatic rings. The first-order valence-electron chi connectivity index (χ1n) is 9.49. The molecule has 1 aromatic carbocycles. The summed E-state index contributed by atoms with van der Waals surface area (Å²) in [5.74, 6) is -0.561. The Bertz CT molecular complexity index is 972. The lowest BCUT2D eigenvalue weighted by Gasteiger charge is -2.39. The Morgan fingerprint density at radius 3 is 2.21 bits per heavy atom. The van der Waals surface area contributed by atoms with Gasteiger partial charge in [0.2, 0.25) is 15.9 Å². The zero-order chi connectivity index (χ0) is 20.6. The van der Waals surface area contributed by atoms with Gasteiger partial charge in [0, 0.05) is 37.3 Å². The van der Waals surface area contributed by atoms with E-state index in [1.54, 1.807) is 13.2 Å². The molecule has 0 atom stereocenters. The van der Waals surface area contributed by atoms with Crippen molar-refractivity contribution < 1.29 is 21.9 Å². The zero-order valence-corrected chi connectivity index (χ0v) is 16.8. The maximum atomic E-state index is 13.5. The summed E-state index contributed by atoms with van der Waals surface area (Å²) in [6.07, 6.45) is 4.78. The van der Waals surface area contributed by atoms with Crippen molar-refractivity contribution in [3.8, 4) is 5.88 Å². The van der Waals surface area contributed by atoms with Crippen molar-refractivity contribution in [2.75, 3.05) is 25.1 Å². The van der Waals surface area contributed by atoms with Crippen molar-refractivity contribution in [1.82, 2.24) is 14.3 Å². The van der Waals surface area contributed by atoms with Crippen molar-refractivity contribution in [3.63, 3.8) is 0 Å². The van der Waals surface area contributed by atoms with E-state index in [0.717, 1.165) is 30.8 Å². The third-order valence-electron chi connectivity index (χ3n) is 5.33. The predicted octanol–water partition coefficient (Wildman–Crippen LogP) is 2.59. The van der Waals surface area contributed by atoms with E-state index in [0.29, 0.717) is 30.8 Å². The number of sulfonamides is 1. The molecule has 0 amide bonds. The fourth-order valence-corrected chi connectivity index (χ4v) is 5.31. The molecule has 2 aliphatic rings. The number of methoxy groups -OCH3 is 1. The molecule has 0 radical (unpaired) electrons. The van der Waals surface area contributed by atoms with Gasteiger partial charge < -0.3 is 9.64 Å². The molecule has 2 heterocycles. The fourth-order valence-electron chi connectivity index (χ4n) is 3.79. The number of nitrogens with zero attached hydrogens (tertiary/aromatic N) is 4. The van der Waals surface area contributed by atoms with E-state index in [-0.39, 0.29) is 24.0 Å². The van der Waals surface area contributed by atoms with Crippen molar-refractivity contribution in [3.05, 3.63) is 42.2 Å². The van der Waals surface area contributed by atoms with Crippen LogP contribution in [0.3, 0.4) is 0 Å². The van der Waals surface area contributed by atoms with E-state index in [2.05, 4.69) is 14.9 Å². The highest BCUT2D eigenvalue weighted by Gasteiger charge is 2.38. The minimum atomic E-state index is -3.95. The van der Waals surface area contributed by atoms with Crippen molar-refractivity contribution in [1.29, 1.82) is 0 Å². The van der Waals surface area contributed by atoms with Gasteiger partial charge in [0.15, 0.2) is 0 Å². The average molecular weight is 424 g/mol. The Morgan fingerprint density at radius 2 is 1.62 bits per heavy atom. The number of ether oxygens (including phenoxy) is 1. The van der Waals surface area contributed by atoms with Gasteiger partial charge in [-0.25, -0.2) is 27.2 Å². The summed E-state index contributed by atoms with van der Waals surface area (Å²) >= 11 is 0. The highest BCUT2D eigenvalue weighted by molar-refractivity contribution is 7.89. The SMILES string of the molecule is COc1cc(N(C2CC2)C2CCN(S(=O)(=O)c3cc(F)cc(F)c3)CC2)ncn1.